The zero-order chi connectivity index (χ0) is 15.3. The van der Waals surface area contributed by atoms with Gasteiger partial charge < -0.3 is 4.74 Å². The van der Waals surface area contributed by atoms with E-state index in [1.807, 2.05) is 19.1 Å². The molecule has 1 aromatic carbocycles. The van der Waals surface area contributed by atoms with Gasteiger partial charge in [0.25, 0.3) is 0 Å². The molecule has 0 aliphatic heterocycles. The standard InChI is InChI=1S/C19H26O2/c1-3-5-6-7-8-9-10-11-17-12-14-18(15-13-17)19(20)21-16-4-2/h12-15H,3-9,16H2,1-2H3. The van der Waals surface area contributed by atoms with Crippen molar-refractivity contribution >= 4 is 5.97 Å². The highest BCUT2D eigenvalue weighted by Gasteiger charge is 2.05. The Hall–Kier alpha value is -1.75. The molecule has 1 rings (SSSR count). The third kappa shape index (κ3) is 7.56. The first kappa shape index (κ1) is 17.3. The molecular weight excluding hydrogens is 260 g/mol. The summed E-state index contributed by atoms with van der Waals surface area (Å²) in [4.78, 5) is 11.6. The SMILES string of the molecule is CCCCCCCC#Cc1ccc(C(=O)OCCC)cc1. The van der Waals surface area contributed by atoms with Crippen molar-refractivity contribution in [3.05, 3.63) is 35.4 Å². The minimum Gasteiger partial charge on any atom is -0.462 e. The van der Waals surface area contributed by atoms with Crippen LogP contribution in [0.4, 0.5) is 0 Å². The fourth-order valence-electron chi connectivity index (χ4n) is 1.95. The summed E-state index contributed by atoms with van der Waals surface area (Å²) in [5, 5.41) is 0. The molecule has 0 aliphatic rings. The summed E-state index contributed by atoms with van der Waals surface area (Å²) in [5.74, 6) is 6.08. The Morgan fingerprint density at radius 3 is 2.38 bits per heavy atom. The number of esters is 1. The molecule has 0 spiro atoms. The van der Waals surface area contributed by atoms with Crippen LogP contribution in [0.3, 0.4) is 0 Å². The first-order chi connectivity index (χ1) is 10.3. The molecule has 0 radical (unpaired) electrons. The molecule has 0 bridgehead atoms. The van der Waals surface area contributed by atoms with Crippen molar-refractivity contribution in [3.63, 3.8) is 0 Å². The van der Waals surface area contributed by atoms with Crippen molar-refractivity contribution in [2.45, 2.75) is 58.8 Å². The largest absolute Gasteiger partial charge is 0.462 e. The van der Waals surface area contributed by atoms with Crippen LogP contribution < -0.4 is 0 Å². The van der Waals surface area contributed by atoms with E-state index in [0.717, 1.165) is 18.4 Å². The van der Waals surface area contributed by atoms with Crippen LogP contribution in [0, 0.1) is 11.8 Å². The third-order valence-electron chi connectivity index (χ3n) is 3.20. The van der Waals surface area contributed by atoms with Gasteiger partial charge in [0.2, 0.25) is 0 Å². The first-order valence-electron chi connectivity index (χ1n) is 8.04. The van der Waals surface area contributed by atoms with Gasteiger partial charge in [-0.2, -0.15) is 0 Å². The van der Waals surface area contributed by atoms with E-state index in [9.17, 15) is 4.79 Å². The summed E-state index contributed by atoms with van der Waals surface area (Å²) in [6.45, 7) is 4.67. The number of carbonyl (C=O) groups excluding carboxylic acids is 1. The maximum atomic E-state index is 11.6. The zero-order valence-electron chi connectivity index (χ0n) is 13.3. The molecule has 0 amide bonds. The molecular formula is C19H26O2. The summed E-state index contributed by atoms with van der Waals surface area (Å²) < 4.78 is 5.09. The lowest BCUT2D eigenvalue weighted by atomic mass is 10.1. The van der Waals surface area contributed by atoms with E-state index in [0.29, 0.717) is 12.2 Å². The van der Waals surface area contributed by atoms with Crippen molar-refractivity contribution in [1.29, 1.82) is 0 Å². The van der Waals surface area contributed by atoms with E-state index in [1.165, 1.54) is 32.1 Å². The fourth-order valence-corrected chi connectivity index (χ4v) is 1.95. The number of rotatable bonds is 8. The molecule has 0 heterocycles. The van der Waals surface area contributed by atoms with E-state index in [4.69, 9.17) is 4.74 Å². The van der Waals surface area contributed by atoms with Crippen molar-refractivity contribution in [3.8, 4) is 11.8 Å². The minimum atomic E-state index is -0.257. The van der Waals surface area contributed by atoms with E-state index in [-0.39, 0.29) is 5.97 Å². The monoisotopic (exact) mass is 286 g/mol. The van der Waals surface area contributed by atoms with Gasteiger partial charge in [-0.25, -0.2) is 4.79 Å². The molecule has 1 aromatic rings. The second-order valence-corrected chi connectivity index (χ2v) is 5.18. The second kappa shape index (κ2) is 11.0. The average Bonchev–Trinajstić information content (AvgIpc) is 2.52. The van der Waals surface area contributed by atoms with Crippen LogP contribution in [-0.4, -0.2) is 12.6 Å². The van der Waals surface area contributed by atoms with Crippen LogP contribution in [0.2, 0.25) is 0 Å². The highest BCUT2D eigenvalue weighted by Crippen LogP contribution is 2.07. The van der Waals surface area contributed by atoms with E-state index >= 15 is 0 Å². The summed E-state index contributed by atoms with van der Waals surface area (Å²) in [6, 6.07) is 7.33. The number of benzene rings is 1. The van der Waals surface area contributed by atoms with Crippen LogP contribution in [0.1, 0.15) is 74.7 Å². The van der Waals surface area contributed by atoms with Gasteiger partial charge in [-0.15, -0.1) is 0 Å². The van der Waals surface area contributed by atoms with E-state index in [2.05, 4.69) is 18.8 Å². The van der Waals surface area contributed by atoms with Gasteiger partial charge in [-0.3, -0.25) is 0 Å². The summed E-state index contributed by atoms with van der Waals surface area (Å²) in [5.41, 5.74) is 1.55. The van der Waals surface area contributed by atoms with Crippen LogP contribution in [0.15, 0.2) is 24.3 Å². The van der Waals surface area contributed by atoms with E-state index < -0.39 is 0 Å². The van der Waals surface area contributed by atoms with E-state index in [1.54, 1.807) is 12.1 Å². The van der Waals surface area contributed by atoms with Crippen LogP contribution in [0.5, 0.6) is 0 Å². The van der Waals surface area contributed by atoms with Gasteiger partial charge in [-0.05, 0) is 37.1 Å². The Kier molecular flexibility index (Phi) is 9.04. The minimum absolute atomic E-state index is 0.257. The second-order valence-electron chi connectivity index (χ2n) is 5.18. The molecule has 0 saturated carbocycles. The van der Waals surface area contributed by atoms with Gasteiger partial charge in [0, 0.05) is 12.0 Å². The molecule has 0 N–H and O–H groups in total. The molecule has 0 atom stereocenters. The summed E-state index contributed by atoms with van der Waals surface area (Å²) in [7, 11) is 0. The summed E-state index contributed by atoms with van der Waals surface area (Å²) >= 11 is 0. The Morgan fingerprint density at radius 1 is 1.00 bits per heavy atom. The lowest BCUT2D eigenvalue weighted by Crippen LogP contribution is -2.05. The van der Waals surface area contributed by atoms with Crippen molar-refractivity contribution in [2.24, 2.45) is 0 Å². The maximum Gasteiger partial charge on any atom is 0.338 e. The van der Waals surface area contributed by atoms with Crippen molar-refractivity contribution in [2.75, 3.05) is 6.61 Å². The molecule has 0 unspecified atom stereocenters. The molecule has 114 valence electrons. The van der Waals surface area contributed by atoms with Crippen LogP contribution >= 0.6 is 0 Å². The average molecular weight is 286 g/mol. The first-order valence-corrected chi connectivity index (χ1v) is 8.04. The number of unbranched alkanes of at least 4 members (excludes halogenated alkanes) is 5. The lowest BCUT2D eigenvalue weighted by molar-refractivity contribution is 0.0505. The highest BCUT2D eigenvalue weighted by atomic mass is 16.5. The number of ether oxygens (including phenoxy) is 1. The lowest BCUT2D eigenvalue weighted by Gasteiger charge is -2.02. The van der Waals surface area contributed by atoms with Gasteiger partial charge in [0.05, 0.1) is 12.2 Å². The molecule has 0 saturated heterocycles. The molecule has 0 aromatic heterocycles. The Labute approximate surface area is 128 Å². The Balaban J connectivity index is 2.35. The Morgan fingerprint density at radius 2 is 1.71 bits per heavy atom. The molecule has 2 nitrogen and oxygen atoms in total. The molecule has 2 heteroatoms. The third-order valence-corrected chi connectivity index (χ3v) is 3.20. The normalized spacial score (nSPS) is 9.81. The van der Waals surface area contributed by atoms with Crippen molar-refractivity contribution < 1.29 is 9.53 Å². The smallest absolute Gasteiger partial charge is 0.338 e. The fraction of sp³-hybridized carbons (Fsp3) is 0.526. The molecule has 0 aliphatic carbocycles. The number of hydrogen-bond donors (Lipinski definition) is 0. The topological polar surface area (TPSA) is 26.3 Å². The highest BCUT2D eigenvalue weighted by molar-refractivity contribution is 5.89. The zero-order valence-corrected chi connectivity index (χ0v) is 13.3. The van der Waals surface area contributed by atoms with Gasteiger partial charge in [0.15, 0.2) is 0 Å². The van der Waals surface area contributed by atoms with Crippen molar-refractivity contribution in [1.82, 2.24) is 0 Å². The van der Waals surface area contributed by atoms with Crippen LogP contribution in [0.25, 0.3) is 0 Å². The van der Waals surface area contributed by atoms with Crippen LogP contribution in [-0.2, 0) is 4.74 Å². The van der Waals surface area contributed by atoms with Gasteiger partial charge in [0.1, 0.15) is 0 Å². The summed E-state index contributed by atoms with van der Waals surface area (Å²) in [6.07, 6.45) is 8.14. The Bertz CT molecular complexity index is 463. The number of carbonyl (C=O) groups is 1. The molecule has 0 fully saturated rings. The predicted molar refractivity (Wildman–Crippen MR) is 87.3 cm³/mol. The number of hydrogen-bond acceptors (Lipinski definition) is 2. The predicted octanol–water partition coefficient (Wildman–Crippen LogP) is 4.97. The maximum absolute atomic E-state index is 11.6. The molecule has 21 heavy (non-hydrogen) atoms. The van der Waals surface area contributed by atoms with Gasteiger partial charge >= 0.3 is 5.97 Å². The quantitative estimate of drug-likeness (QED) is 0.383. The van der Waals surface area contributed by atoms with Gasteiger partial charge in [-0.1, -0.05) is 51.4 Å².